The molecule has 0 spiro atoms. The van der Waals surface area contributed by atoms with E-state index < -0.39 is 130 Å². The van der Waals surface area contributed by atoms with Crippen molar-refractivity contribution in [3.8, 4) is 0 Å². The maximum Gasteiger partial charge on any atom is 0.316 e. The van der Waals surface area contributed by atoms with Crippen LogP contribution in [-0.4, -0.2) is 143 Å². The van der Waals surface area contributed by atoms with Crippen LogP contribution < -0.4 is 0 Å². The van der Waals surface area contributed by atoms with Crippen molar-refractivity contribution in [2.24, 2.45) is 0 Å². The second-order valence-electron chi connectivity index (χ2n) is 13.2. The van der Waals surface area contributed by atoms with Crippen LogP contribution in [0.25, 0.3) is 0 Å². The van der Waals surface area contributed by atoms with Crippen LogP contribution >= 0.6 is 0 Å². The van der Waals surface area contributed by atoms with Crippen molar-refractivity contribution in [2.75, 3.05) is 0 Å². The Labute approximate surface area is 350 Å². The highest BCUT2D eigenvalue weighted by molar-refractivity contribution is 6.81. The van der Waals surface area contributed by atoms with Crippen LogP contribution in [0, 0.1) is 0 Å². The smallest absolute Gasteiger partial charge is 0.316 e. The molecule has 3 heterocycles. The van der Waals surface area contributed by atoms with Crippen LogP contribution in [0.2, 0.25) is 101 Å². The Morgan fingerprint density at radius 2 is 1.04 bits per heavy atom. The number of rotatable bonds is 15. The minimum atomic E-state index is -2.44. The summed E-state index contributed by atoms with van der Waals surface area (Å²) in [4.78, 5) is 0. The lowest BCUT2D eigenvalue weighted by Gasteiger charge is -2.37. The molecule has 3 aliphatic rings. The van der Waals surface area contributed by atoms with E-state index in [2.05, 4.69) is 66.2 Å². The molecule has 0 radical (unpaired) electrons. The van der Waals surface area contributed by atoms with Gasteiger partial charge in [-0.15, -0.1) is 0 Å². The lowest BCUT2D eigenvalue weighted by atomic mass is 10.5. The van der Waals surface area contributed by atoms with Gasteiger partial charge in [-0.1, -0.05) is 41.5 Å². The van der Waals surface area contributed by atoms with Gasteiger partial charge in [-0.25, -0.2) is 0 Å². The van der Waals surface area contributed by atoms with Crippen molar-refractivity contribution in [1.29, 1.82) is 0 Å². The van der Waals surface area contributed by atoms with Gasteiger partial charge in [-0.05, 0) is 115 Å². The second-order valence-corrected chi connectivity index (χ2v) is 45.9. The van der Waals surface area contributed by atoms with Crippen LogP contribution in [0.5, 0.6) is 0 Å². The van der Waals surface area contributed by atoms with Gasteiger partial charge >= 0.3 is 36.4 Å². The van der Waals surface area contributed by atoms with E-state index in [1.165, 1.54) is 0 Å². The van der Waals surface area contributed by atoms with E-state index >= 15 is 0 Å². The first-order valence-corrected chi connectivity index (χ1v) is 48.2. The Bertz CT molecular complexity index is 834. The standard InChI is InChI=1S/C20H64O13Si14.3C2H6/c1-19-17-37(3)26-39(5)30-44(21-19)13-11-34-23-36-25-46(15-16-47(10)32-42(8)28-41(7)29-43(9)33-47)24-35-12-14-45-22-20(2)18-38(4)27-40(6)31-45;3*1-2/h19-20,37-46H,11-18,34-36H2,1-10H3;3*1-2H3. The monoisotopic (exact) mass is 994 g/mol. The first-order valence-electron chi connectivity index (χ1n) is 20.7. The molecule has 0 bridgehead atoms. The van der Waals surface area contributed by atoms with Crippen LogP contribution in [-0.2, 0) is 54.1 Å². The molecule has 0 aromatic rings. The van der Waals surface area contributed by atoms with Gasteiger partial charge in [0.1, 0.15) is 19.5 Å². The molecule has 320 valence electrons. The van der Waals surface area contributed by atoms with E-state index in [-0.39, 0.29) is 12.2 Å². The normalized spacial score (nSPS) is 36.8. The minimum absolute atomic E-state index is 0.237. The second kappa shape index (κ2) is 33.3. The number of hydrogen-bond donors (Lipinski definition) is 0. The first-order chi connectivity index (χ1) is 25.3. The number of hydrogen-bond acceptors (Lipinski definition) is 13. The Morgan fingerprint density at radius 1 is 0.604 bits per heavy atom. The summed E-state index contributed by atoms with van der Waals surface area (Å²) in [5.74, 6) is 0. The largest absolute Gasteiger partial charge is 0.446 e. The van der Waals surface area contributed by atoms with Gasteiger partial charge in [-0.3, -0.25) is 0 Å². The third-order valence-electron chi connectivity index (χ3n) is 8.02. The maximum atomic E-state index is 6.65. The molecule has 11 atom stereocenters. The van der Waals surface area contributed by atoms with Crippen LogP contribution in [0.3, 0.4) is 0 Å². The molecule has 53 heavy (non-hydrogen) atoms. The third-order valence-corrected chi connectivity index (χ3v) is 50.9. The summed E-state index contributed by atoms with van der Waals surface area (Å²) in [5, 5.41) is 0. The van der Waals surface area contributed by atoms with Crippen LogP contribution in [0.15, 0.2) is 0 Å². The summed E-state index contributed by atoms with van der Waals surface area (Å²) in [5.41, 5.74) is 0. The third kappa shape index (κ3) is 27.1. The highest BCUT2D eigenvalue weighted by Crippen LogP contribution is 2.24. The minimum Gasteiger partial charge on any atom is -0.446 e. The Balaban J connectivity index is 0.00000428. The van der Waals surface area contributed by atoms with E-state index in [0.29, 0.717) is 0 Å². The molecule has 3 fully saturated rings. The molecule has 3 saturated heterocycles. The van der Waals surface area contributed by atoms with Crippen molar-refractivity contribution in [1.82, 2.24) is 0 Å². The summed E-state index contributed by atoms with van der Waals surface area (Å²) < 4.78 is 82.6. The van der Waals surface area contributed by atoms with E-state index in [1.807, 2.05) is 41.5 Å². The van der Waals surface area contributed by atoms with Gasteiger partial charge in [0.25, 0.3) is 56.4 Å². The fourth-order valence-corrected chi connectivity index (χ4v) is 51.5. The lowest BCUT2D eigenvalue weighted by Crippen LogP contribution is -2.53. The van der Waals surface area contributed by atoms with Gasteiger partial charge in [0, 0.05) is 12.2 Å². The van der Waals surface area contributed by atoms with E-state index in [0.717, 1.165) is 48.4 Å². The predicted octanol–water partition coefficient (Wildman–Crippen LogP) is 1.79. The molecule has 0 amide bonds. The van der Waals surface area contributed by atoms with Gasteiger partial charge in [-0.2, -0.15) is 0 Å². The Kier molecular flexibility index (Phi) is 34.8. The summed E-state index contributed by atoms with van der Waals surface area (Å²) in [6.45, 7) is 33.6. The molecular weight excluding hydrogens is 913 g/mol. The van der Waals surface area contributed by atoms with Crippen molar-refractivity contribution < 1.29 is 54.1 Å². The fraction of sp³-hybridized carbons (Fsp3) is 1.00. The summed E-state index contributed by atoms with van der Waals surface area (Å²) in [6, 6.07) is 7.95. The molecule has 0 aromatic carbocycles. The van der Waals surface area contributed by atoms with Crippen molar-refractivity contribution in [3.05, 3.63) is 0 Å². The maximum absolute atomic E-state index is 6.65. The molecule has 27 heteroatoms. The average Bonchev–Trinajstić information content (AvgIpc) is 3.06. The zero-order chi connectivity index (χ0) is 40.4. The van der Waals surface area contributed by atoms with Crippen molar-refractivity contribution in [3.63, 3.8) is 0 Å². The quantitative estimate of drug-likeness (QED) is 0.176. The fourth-order valence-electron chi connectivity index (χ4n) is 6.23. The molecule has 13 nitrogen and oxygen atoms in total. The average molecular weight is 996 g/mol. The van der Waals surface area contributed by atoms with Crippen LogP contribution in [0.1, 0.15) is 55.4 Å². The van der Waals surface area contributed by atoms with Crippen LogP contribution in [0.4, 0.5) is 0 Å². The van der Waals surface area contributed by atoms with Gasteiger partial charge in [0.15, 0.2) is 18.1 Å². The molecule has 0 saturated carbocycles. The molecule has 3 aliphatic heterocycles. The Morgan fingerprint density at radius 3 is 1.51 bits per heavy atom. The molecule has 11 unspecified atom stereocenters. The van der Waals surface area contributed by atoms with E-state index in [4.69, 9.17) is 54.1 Å². The molecule has 3 rings (SSSR count). The summed E-state index contributed by atoms with van der Waals surface area (Å²) in [6.07, 6.45) is 0.486. The SMILES string of the molecule is CC.CC.CC.CC1C[SiH](C)O[SiH](C)O[SiH](CC[SiH2]O[SiH2]O[SiH](CC[Si]2(C)O[SiH](C)O[SiH](C)O[SiH](C)O2)O[SiH2]CC[SiH]2OC(C)C[SiH](C)O[SiH](C)O2)O1. The predicted molar refractivity (Wildman–Crippen MR) is 255 cm³/mol. The lowest BCUT2D eigenvalue weighted by molar-refractivity contribution is 0.184. The van der Waals surface area contributed by atoms with Gasteiger partial charge < -0.3 is 54.1 Å². The topological polar surface area (TPSA) is 120 Å². The van der Waals surface area contributed by atoms with Crippen molar-refractivity contribution in [2.45, 2.75) is 168 Å². The molecule has 0 aromatic heterocycles. The highest BCUT2D eigenvalue weighted by Gasteiger charge is 2.40. The van der Waals surface area contributed by atoms with Gasteiger partial charge in [0.2, 0.25) is 0 Å². The Hall–Kier alpha value is 2.52. The highest BCUT2D eigenvalue weighted by atomic mass is 28.5. The van der Waals surface area contributed by atoms with Gasteiger partial charge in [0.05, 0.1) is 0 Å². The van der Waals surface area contributed by atoms with Crippen molar-refractivity contribution >= 4 is 130 Å². The first kappa shape index (κ1) is 55.5. The summed E-state index contributed by atoms with van der Waals surface area (Å²) in [7, 11) is -21.1. The molecule has 0 N–H and O–H groups in total. The molecule has 0 aliphatic carbocycles. The zero-order valence-electron chi connectivity index (χ0n) is 36.5. The summed E-state index contributed by atoms with van der Waals surface area (Å²) >= 11 is 0. The molecular formula is C26H82O13Si14. The van der Waals surface area contributed by atoms with E-state index in [1.54, 1.807) is 0 Å². The zero-order valence-corrected chi connectivity index (χ0v) is 53.3. The van der Waals surface area contributed by atoms with E-state index in [9.17, 15) is 0 Å².